The summed E-state index contributed by atoms with van der Waals surface area (Å²) in [4.78, 5) is 12.2. The molecule has 0 heterocycles. The van der Waals surface area contributed by atoms with Gasteiger partial charge >= 0.3 is 0 Å². The molecule has 0 aliphatic heterocycles. The third-order valence-electron chi connectivity index (χ3n) is 3.62. The van der Waals surface area contributed by atoms with Crippen LogP contribution >= 0.6 is 23.4 Å². The first kappa shape index (κ1) is 18.7. The average molecular weight is 364 g/mol. The summed E-state index contributed by atoms with van der Waals surface area (Å²) in [5.74, 6) is 1.88. The predicted octanol–water partition coefficient (Wildman–Crippen LogP) is 5.15. The zero-order valence-corrected chi connectivity index (χ0v) is 16.0. The van der Waals surface area contributed by atoms with Crippen LogP contribution in [0.5, 0.6) is 5.75 Å². The lowest BCUT2D eigenvalue weighted by molar-refractivity contribution is -0.113. The van der Waals surface area contributed by atoms with E-state index in [4.69, 9.17) is 16.3 Å². The van der Waals surface area contributed by atoms with E-state index < -0.39 is 0 Å². The maximum Gasteiger partial charge on any atom is 0.234 e. The van der Waals surface area contributed by atoms with E-state index in [1.165, 1.54) is 5.56 Å². The Morgan fingerprint density at radius 3 is 2.58 bits per heavy atom. The number of benzene rings is 2. The molecule has 0 radical (unpaired) electrons. The van der Waals surface area contributed by atoms with Crippen molar-refractivity contribution in [1.82, 2.24) is 0 Å². The second kappa shape index (κ2) is 8.45. The van der Waals surface area contributed by atoms with Gasteiger partial charge in [0.1, 0.15) is 5.75 Å². The van der Waals surface area contributed by atoms with Crippen LogP contribution in [0.25, 0.3) is 0 Å². The van der Waals surface area contributed by atoms with Crippen LogP contribution in [0.4, 0.5) is 5.69 Å². The standard InChI is InChI=1S/C19H22ClNO2S/c1-12-5-6-17(23-4)15(8-12)10-24-11-18(22)21-19-14(3)7-13(2)9-16(19)20/h5-9H,10-11H2,1-4H3,(H,21,22). The van der Waals surface area contributed by atoms with Gasteiger partial charge in [-0.15, -0.1) is 11.8 Å². The van der Waals surface area contributed by atoms with Crippen LogP contribution in [0.1, 0.15) is 22.3 Å². The second-order valence-corrected chi connectivity index (χ2v) is 7.19. The van der Waals surface area contributed by atoms with Crippen LogP contribution in [0, 0.1) is 20.8 Å². The van der Waals surface area contributed by atoms with Crippen molar-refractivity contribution in [3.05, 3.63) is 57.6 Å². The van der Waals surface area contributed by atoms with E-state index in [9.17, 15) is 4.79 Å². The summed E-state index contributed by atoms with van der Waals surface area (Å²) in [7, 11) is 1.66. The fraction of sp³-hybridized carbons (Fsp3) is 0.316. The third kappa shape index (κ3) is 4.92. The molecule has 3 nitrogen and oxygen atoms in total. The van der Waals surface area contributed by atoms with Crippen molar-refractivity contribution in [3.63, 3.8) is 0 Å². The molecule has 0 bridgehead atoms. The van der Waals surface area contributed by atoms with Crippen molar-refractivity contribution < 1.29 is 9.53 Å². The van der Waals surface area contributed by atoms with Crippen molar-refractivity contribution >= 4 is 35.0 Å². The molecule has 1 N–H and O–H groups in total. The number of carbonyl (C=O) groups is 1. The Morgan fingerprint density at radius 1 is 1.17 bits per heavy atom. The third-order valence-corrected chi connectivity index (χ3v) is 4.90. The van der Waals surface area contributed by atoms with Gasteiger partial charge in [-0.2, -0.15) is 0 Å². The van der Waals surface area contributed by atoms with Crippen LogP contribution in [0.15, 0.2) is 30.3 Å². The summed E-state index contributed by atoms with van der Waals surface area (Å²) in [5.41, 5.74) is 5.02. The van der Waals surface area contributed by atoms with Crippen LogP contribution < -0.4 is 10.1 Å². The summed E-state index contributed by atoms with van der Waals surface area (Å²) in [6.07, 6.45) is 0. The molecule has 1 amide bonds. The highest BCUT2D eigenvalue weighted by molar-refractivity contribution is 7.99. The number of hydrogen-bond donors (Lipinski definition) is 1. The van der Waals surface area contributed by atoms with Gasteiger partial charge in [-0.25, -0.2) is 0 Å². The van der Waals surface area contributed by atoms with Crippen molar-refractivity contribution in [3.8, 4) is 5.75 Å². The molecule has 0 spiro atoms. The quantitative estimate of drug-likeness (QED) is 0.771. The summed E-state index contributed by atoms with van der Waals surface area (Å²) in [6, 6.07) is 9.93. The Morgan fingerprint density at radius 2 is 1.92 bits per heavy atom. The summed E-state index contributed by atoms with van der Waals surface area (Å²) < 4.78 is 5.36. The first-order valence-corrected chi connectivity index (χ1v) is 9.22. The maximum atomic E-state index is 12.2. The highest BCUT2D eigenvalue weighted by atomic mass is 35.5. The van der Waals surface area contributed by atoms with E-state index in [0.29, 0.717) is 16.5 Å². The minimum absolute atomic E-state index is 0.0551. The van der Waals surface area contributed by atoms with Crippen molar-refractivity contribution in [1.29, 1.82) is 0 Å². The summed E-state index contributed by atoms with van der Waals surface area (Å²) >= 11 is 7.78. The van der Waals surface area contributed by atoms with E-state index in [0.717, 1.165) is 28.2 Å². The number of methoxy groups -OCH3 is 1. The maximum absolute atomic E-state index is 12.2. The fourth-order valence-corrected chi connectivity index (χ4v) is 3.70. The molecule has 2 aromatic carbocycles. The van der Waals surface area contributed by atoms with Crippen LogP contribution in [-0.4, -0.2) is 18.8 Å². The zero-order chi connectivity index (χ0) is 17.7. The molecular formula is C19H22ClNO2S. The first-order chi connectivity index (χ1) is 11.4. The molecule has 24 heavy (non-hydrogen) atoms. The van der Waals surface area contributed by atoms with E-state index in [2.05, 4.69) is 11.4 Å². The number of ether oxygens (including phenoxy) is 1. The number of rotatable bonds is 6. The Labute approximate surface area is 152 Å². The number of thioether (sulfide) groups is 1. The van der Waals surface area contributed by atoms with E-state index in [-0.39, 0.29) is 5.91 Å². The van der Waals surface area contributed by atoms with Gasteiger partial charge in [0.15, 0.2) is 0 Å². The van der Waals surface area contributed by atoms with E-state index in [1.807, 2.05) is 45.0 Å². The number of amides is 1. The molecule has 5 heteroatoms. The Kier molecular flexibility index (Phi) is 6.58. The minimum atomic E-state index is -0.0551. The second-order valence-electron chi connectivity index (χ2n) is 5.79. The molecule has 2 aromatic rings. The molecular weight excluding hydrogens is 342 g/mol. The van der Waals surface area contributed by atoms with Gasteiger partial charge in [-0.1, -0.05) is 35.4 Å². The topological polar surface area (TPSA) is 38.3 Å². The van der Waals surface area contributed by atoms with Gasteiger partial charge in [0.25, 0.3) is 0 Å². The molecule has 0 aliphatic rings. The molecule has 0 saturated carbocycles. The number of nitrogens with one attached hydrogen (secondary N) is 1. The molecule has 0 aromatic heterocycles. The molecule has 0 aliphatic carbocycles. The van der Waals surface area contributed by atoms with E-state index >= 15 is 0 Å². The lowest BCUT2D eigenvalue weighted by Gasteiger charge is -2.12. The van der Waals surface area contributed by atoms with Gasteiger partial charge in [0.05, 0.1) is 23.6 Å². The highest BCUT2D eigenvalue weighted by Crippen LogP contribution is 2.28. The molecule has 128 valence electrons. The minimum Gasteiger partial charge on any atom is -0.496 e. The number of hydrogen-bond acceptors (Lipinski definition) is 3. The van der Waals surface area contributed by atoms with Crippen LogP contribution in [0.3, 0.4) is 0 Å². The van der Waals surface area contributed by atoms with Gasteiger partial charge in [0.2, 0.25) is 5.91 Å². The molecule has 0 saturated heterocycles. The molecule has 0 atom stereocenters. The summed E-state index contributed by atoms with van der Waals surface area (Å²) in [6.45, 7) is 5.97. The van der Waals surface area contributed by atoms with Gasteiger partial charge in [-0.05, 0) is 44.0 Å². The number of anilines is 1. The molecule has 2 rings (SSSR count). The first-order valence-electron chi connectivity index (χ1n) is 7.68. The number of carbonyl (C=O) groups excluding carboxylic acids is 1. The Bertz CT molecular complexity index is 723. The normalized spacial score (nSPS) is 10.5. The molecule has 0 fully saturated rings. The lowest BCUT2D eigenvalue weighted by Crippen LogP contribution is -2.15. The Hall–Kier alpha value is -1.65. The zero-order valence-electron chi connectivity index (χ0n) is 14.4. The van der Waals surface area contributed by atoms with Gasteiger partial charge < -0.3 is 10.1 Å². The SMILES string of the molecule is COc1ccc(C)cc1CSCC(=O)Nc1c(C)cc(C)cc1Cl. The van der Waals surface area contributed by atoms with Crippen molar-refractivity contribution in [2.75, 3.05) is 18.2 Å². The van der Waals surface area contributed by atoms with Crippen molar-refractivity contribution in [2.45, 2.75) is 26.5 Å². The largest absolute Gasteiger partial charge is 0.496 e. The van der Waals surface area contributed by atoms with Gasteiger partial charge in [0, 0.05) is 11.3 Å². The summed E-state index contributed by atoms with van der Waals surface area (Å²) in [5, 5.41) is 3.48. The van der Waals surface area contributed by atoms with Crippen molar-refractivity contribution in [2.24, 2.45) is 0 Å². The highest BCUT2D eigenvalue weighted by Gasteiger charge is 2.10. The Balaban J connectivity index is 1.94. The predicted molar refractivity (Wildman–Crippen MR) is 103 cm³/mol. The number of aryl methyl sites for hydroxylation is 3. The number of halogens is 1. The molecule has 0 unspecified atom stereocenters. The van der Waals surface area contributed by atoms with Crippen LogP contribution in [-0.2, 0) is 10.5 Å². The monoisotopic (exact) mass is 363 g/mol. The average Bonchev–Trinajstić information content (AvgIpc) is 2.51. The van der Waals surface area contributed by atoms with Crippen LogP contribution in [0.2, 0.25) is 5.02 Å². The fourth-order valence-electron chi connectivity index (χ4n) is 2.52. The lowest BCUT2D eigenvalue weighted by atomic mass is 10.1. The van der Waals surface area contributed by atoms with Gasteiger partial charge in [-0.3, -0.25) is 4.79 Å². The van der Waals surface area contributed by atoms with E-state index in [1.54, 1.807) is 18.9 Å². The smallest absolute Gasteiger partial charge is 0.234 e.